The summed E-state index contributed by atoms with van der Waals surface area (Å²) in [7, 11) is 3.69. The molecular formula is C23H31N3O2S. The number of piperidine rings is 1. The molecule has 0 N–H and O–H groups in total. The van der Waals surface area contributed by atoms with Gasteiger partial charge in [0.25, 0.3) is 0 Å². The van der Waals surface area contributed by atoms with Gasteiger partial charge in [-0.3, -0.25) is 4.79 Å². The van der Waals surface area contributed by atoms with Gasteiger partial charge >= 0.3 is 0 Å². The zero-order valence-electron chi connectivity index (χ0n) is 17.5. The number of nitrogens with zero attached hydrogens (tertiary/aromatic N) is 3. The Bertz CT molecular complexity index is 813. The fourth-order valence-corrected chi connectivity index (χ4v) is 5.37. The fourth-order valence-electron chi connectivity index (χ4n) is 4.80. The molecule has 0 saturated carbocycles. The van der Waals surface area contributed by atoms with Crippen LogP contribution in [0.3, 0.4) is 0 Å². The van der Waals surface area contributed by atoms with E-state index in [2.05, 4.69) is 39.5 Å². The fraction of sp³-hybridized carbons (Fsp3) is 0.565. The Balaban J connectivity index is 1.45. The van der Waals surface area contributed by atoms with Crippen LogP contribution in [0, 0.1) is 5.92 Å². The first-order valence-corrected chi connectivity index (χ1v) is 11.5. The van der Waals surface area contributed by atoms with E-state index in [1.54, 1.807) is 16.2 Å². The van der Waals surface area contributed by atoms with Crippen LogP contribution in [-0.2, 0) is 28.0 Å². The summed E-state index contributed by atoms with van der Waals surface area (Å²) in [6, 6.07) is 8.80. The second kappa shape index (κ2) is 8.94. The van der Waals surface area contributed by atoms with Crippen molar-refractivity contribution in [3.05, 3.63) is 52.0 Å². The van der Waals surface area contributed by atoms with Crippen LogP contribution >= 0.6 is 11.3 Å². The molecule has 1 saturated heterocycles. The Morgan fingerprint density at radius 1 is 1.31 bits per heavy atom. The molecule has 0 aliphatic carbocycles. The smallest absolute Gasteiger partial charge is 0.226 e. The largest absolute Gasteiger partial charge is 0.370 e. The van der Waals surface area contributed by atoms with E-state index in [1.807, 2.05) is 19.6 Å². The number of fused-ring (bicyclic) bond motifs is 2. The summed E-state index contributed by atoms with van der Waals surface area (Å²) < 4.78 is 6.47. The number of aryl methyl sites for hydroxylation is 1. The number of hydrogen-bond donors (Lipinski definition) is 0. The topological polar surface area (TPSA) is 45.7 Å². The number of carbonyl (C=O) groups excluding carboxylic acids is 1. The van der Waals surface area contributed by atoms with Crippen LogP contribution in [0.2, 0.25) is 0 Å². The highest BCUT2D eigenvalue weighted by Crippen LogP contribution is 2.40. The predicted octanol–water partition coefficient (Wildman–Crippen LogP) is 3.34. The Morgan fingerprint density at radius 2 is 2.10 bits per heavy atom. The van der Waals surface area contributed by atoms with Crippen molar-refractivity contribution in [3.63, 3.8) is 0 Å². The first-order chi connectivity index (χ1) is 14.1. The molecule has 1 atom stereocenters. The number of amides is 1. The number of rotatable bonds is 5. The van der Waals surface area contributed by atoms with E-state index in [1.165, 1.54) is 11.1 Å². The molecule has 0 radical (unpaired) electrons. The Labute approximate surface area is 177 Å². The number of ether oxygens (including phenoxy) is 1. The summed E-state index contributed by atoms with van der Waals surface area (Å²) in [5.41, 5.74) is 5.55. The van der Waals surface area contributed by atoms with Crippen LogP contribution in [-0.4, -0.2) is 61.0 Å². The minimum absolute atomic E-state index is 0.0523. The summed E-state index contributed by atoms with van der Waals surface area (Å²) in [5.74, 6) is 0.137. The predicted molar refractivity (Wildman–Crippen MR) is 116 cm³/mol. The van der Waals surface area contributed by atoms with Crippen LogP contribution in [0.4, 0.5) is 0 Å². The molecule has 2 aromatic rings. The van der Waals surface area contributed by atoms with Gasteiger partial charge in [0.15, 0.2) is 0 Å². The van der Waals surface area contributed by atoms with E-state index in [4.69, 9.17) is 4.74 Å². The van der Waals surface area contributed by atoms with Gasteiger partial charge in [0, 0.05) is 52.1 Å². The van der Waals surface area contributed by atoms with Gasteiger partial charge in [0.05, 0.1) is 22.7 Å². The second-order valence-electron chi connectivity index (χ2n) is 8.52. The van der Waals surface area contributed by atoms with Gasteiger partial charge in [-0.2, -0.15) is 0 Å². The average Bonchev–Trinajstić information content (AvgIpc) is 3.18. The van der Waals surface area contributed by atoms with Gasteiger partial charge in [-0.25, -0.2) is 4.98 Å². The first-order valence-electron chi connectivity index (χ1n) is 10.6. The highest BCUT2D eigenvalue weighted by Gasteiger charge is 2.40. The molecule has 1 amide bonds. The Hall–Kier alpha value is -1.76. The van der Waals surface area contributed by atoms with Gasteiger partial charge in [0.1, 0.15) is 0 Å². The zero-order chi connectivity index (χ0) is 20.3. The summed E-state index contributed by atoms with van der Waals surface area (Å²) in [6.45, 7) is 3.54. The molecule has 29 heavy (non-hydrogen) atoms. The van der Waals surface area contributed by atoms with Crippen molar-refractivity contribution in [1.82, 2.24) is 14.8 Å². The monoisotopic (exact) mass is 413 g/mol. The molecule has 3 heterocycles. The van der Waals surface area contributed by atoms with E-state index in [0.717, 1.165) is 57.6 Å². The minimum atomic E-state index is -0.153. The average molecular weight is 414 g/mol. The number of carbonyl (C=O) groups is 1. The highest BCUT2D eigenvalue weighted by molar-refractivity contribution is 7.07. The molecule has 2 aliphatic rings. The van der Waals surface area contributed by atoms with Gasteiger partial charge in [-0.05, 0) is 36.8 Å². The third-order valence-electron chi connectivity index (χ3n) is 6.35. The maximum Gasteiger partial charge on any atom is 0.226 e. The third kappa shape index (κ3) is 4.55. The Morgan fingerprint density at radius 3 is 2.83 bits per heavy atom. The molecule has 1 unspecified atom stereocenters. The van der Waals surface area contributed by atoms with E-state index < -0.39 is 0 Å². The third-order valence-corrected chi connectivity index (χ3v) is 6.98. The SMILES string of the molecule is CN(C)C(=O)C(Cc1cscn1)CN1CCC2(CC1)OCCCc1ccccc12. The van der Waals surface area contributed by atoms with Crippen molar-refractivity contribution < 1.29 is 9.53 Å². The summed E-state index contributed by atoms with van der Waals surface area (Å²) in [6.07, 6.45) is 4.89. The standard InChI is InChI=1S/C23H31N3O2S/c1-25(2)22(27)19(14-20-16-29-17-24-20)15-26-11-9-23(10-12-26)21-8-4-3-6-18(21)7-5-13-28-23/h3-4,6,8,16-17,19H,5,7,9-15H2,1-2H3. The van der Waals surface area contributed by atoms with Crippen molar-refractivity contribution in [1.29, 1.82) is 0 Å². The number of benzene rings is 1. The van der Waals surface area contributed by atoms with Crippen LogP contribution in [0.25, 0.3) is 0 Å². The molecular weight excluding hydrogens is 382 g/mol. The van der Waals surface area contributed by atoms with Crippen LogP contribution in [0.15, 0.2) is 35.2 Å². The number of likely N-dealkylation sites (tertiary alicyclic amines) is 1. The first kappa shape index (κ1) is 20.5. The second-order valence-corrected chi connectivity index (χ2v) is 9.24. The van der Waals surface area contributed by atoms with Crippen LogP contribution in [0.1, 0.15) is 36.1 Å². The van der Waals surface area contributed by atoms with Gasteiger partial charge in [-0.15, -0.1) is 11.3 Å². The molecule has 5 nitrogen and oxygen atoms in total. The summed E-state index contributed by atoms with van der Waals surface area (Å²) >= 11 is 1.59. The summed E-state index contributed by atoms with van der Waals surface area (Å²) in [5, 5.41) is 2.05. The van der Waals surface area contributed by atoms with Crippen molar-refractivity contribution in [2.24, 2.45) is 5.92 Å². The van der Waals surface area contributed by atoms with Crippen molar-refractivity contribution in [2.45, 2.75) is 37.7 Å². The zero-order valence-corrected chi connectivity index (χ0v) is 18.3. The molecule has 0 bridgehead atoms. The Kier molecular flexibility index (Phi) is 6.32. The van der Waals surface area contributed by atoms with E-state index in [0.29, 0.717) is 6.42 Å². The lowest BCUT2D eigenvalue weighted by atomic mass is 9.81. The number of hydrogen-bond acceptors (Lipinski definition) is 5. The lowest BCUT2D eigenvalue weighted by Crippen LogP contribution is -2.47. The minimum Gasteiger partial charge on any atom is -0.370 e. The highest BCUT2D eigenvalue weighted by atomic mass is 32.1. The summed E-state index contributed by atoms with van der Waals surface area (Å²) in [4.78, 5) is 21.4. The maximum atomic E-state index is 12.8. The number of aromatic nitrogens is 1. The molecule has 1 aromatic carbocycles. The van der Waals surface area contributed by atoms with Gasteiger partial charge < -0.3 is 14.5 Å². The normalized spacial score (nSPS) is 20.1. The lowest BCUT2D eigenvalue weighted by molar-refractivity contribution is -0.134. The van der Waals surface area contributed by atoms with E-state index in [9.17, 15) is 4.79 Å². The molecule has 4 rings (SSSR count). The quantitative estimate of drug-likeness (QED) is 0.754. The molecule has 156 valence electrons. The maximum absolute atomic E-state index is 12.8. The number of thiazole rings is 1. The molecule has 1 aromatic heterocycles. The van der Waals surface area contributed by atoms with E-state index >= 15 is 0 Å². The van der Waals surface area contributed by atoms with Crippen molar-refractivity contribution in [2.75, 3.05) is 40.3 Å². The molecule has 2 aliphatic heterocycles. The molecule has 1 spiro atoms. The van der Waals surface area contributed by atoms with Crippen LogP contribution < -0.4 is 0 Å². The van der Waals surface area contributed by atoms with Crippen molar-refractivity contribution in [3.8, 4) is 0 Å². The lowest BCUT2D eigenvalue weighted by Gasteiger charge is -2.43. The van der Waals surface area contributed by atoms with Crippen LogP contribution in [0.5, 0.6) is 0 Å². The van der Waals surface area contributed by atoms with E-state index in [-0.39, 0.29) is 17.4 Å². The van der Waals surface area contributed by atoms with Gasteiger partial charge in [0.2, 0.25) is 5.91 Å². The van der Waals surface area contributed by atoms with Crippen molar-refractivity contribution >= 4 is 17.2 Å². The molecule has 1 fully saturated rings. The van der Waals surface area contributed by atoms with Gasteiger partial charge in [-0.1, -0.05) is 24.3 Å². The molecule has 6 heteroatoms.